The summed E-state index contributed by atoms with van der Waals surface area (Å²) in [5.74, 6) is -1.33. The molecule has 1 heterocycles. The predicted octanol–water partition coefficient (Wildman–Crippen LogP) is 3.49. The molecule has 28 heavy (non-hydrogen) atoms. The second-order valence-corrected chi connectivity index (χ2v) is 6.71. The molecule has 0 spiro atoms. The Morgan fingerprint density at radius 3 is 2.79 bits per heavy atom. The van der Waals surface area contributed by atoms with Gasteiger partial charge in [-0.3, -0.25) is 19.7 Å². The summed E-state index contributed by atoms with van der Waals surface area (Å²) in [6.45, 7) is 2.11. The van der Waals surface area contributed by atoms with E-state index in [4.69, 9.17) is 0 Å². The molecule has 0 bridgehead atoms. The van der Waals surface area contributed by atoms with Crippen molar-refractivity contribution < 1.29 is 18.9 Å². The van der Waals surface area contributed by atoms with Gasteiger partial charge in [0.15, 0.2) is 0 Å². The maximum absolute atomic E-state index is 13.9. The number of carbonyl (C=O) groups is 2. The van der Waals surface area contributed by atoms with Gasteiger partial charge in [0.2, 0.25) is 5.91 Å². The van der Waals surface area contributed by atoms with Crippen molar-refractivity contribution in [3.05, 3.63) is 69.0 Å². The summed E-state index contributed by atoms with van der Waals surface area (Å²) < 4.78 is 13.9. The Balaban J connectivity index is 1.72. The largest absolute Gasteiger partial charge is 0.348 e. The SMILES string of the molecule is Cc1c(F)cc(C(=O)NCc2cccc(N3CCCCC3=O)c2)cc1[N+](=O)[O-]. The first kappa shape index (κ1) is 19.5. The zero-order valence-electron chi connectivity index (χ0n) is 15.4. The molecule has 1 N–H and O–H groups in total. The normalized spacial score (nSPS) is 14.1. The minimum absolute atomic E-state index is 0.0786. The zero-order valence-corrected chi connectivity index (χ0v) is 15.4. The van der Waals surface area contributed by atoms with Crippen LogP contribution >= 0.6 is 0 Å². The van der Waals surface area contributed by atoms with Gasteiger partial charge in [0.05, 0.1) is 10.5 Å². The minimum atomic E-state index is -0.801. The summed E-state index contributed by atoms with van der Waals surface area (Å²) in [5, 5.41) is 13.7. The van der Waals surface area contributed by atoms with Crippen LogP contribution in [-0.2, 0) is 11.3 Å². The molecule has 1 fully saturated rings. The molecule has 0 atom stereocenters. The third-order valence-electron chi connectivity index (χ3n) is 4.77. The van der Waals surface area contributed by atoms with Crippen LogP contribution < -0.4 is 10.2 Å². The molecule has 1 saturated heterocycles. The third-order valence-corrected chi connectivity index (χ3v) is 4.77. The summed E-state index contributed by atoms with van der Waals surface area (Å²) in [7, 11) is 0. The van der Waals surface area contributed by atoms with Crippen LogP contribution in [0, 0.1) is 22.9 Å². The van der Waals surface area contributed by atoms with Crippen molar-refractivity contribution >= 4 is 23.2 Å². The van der Waals surface area contributed by atoms with Crippen LogP contribution in [0.2, 0.25) is 0 Å². The van der Waals surface area contributed by atoms with E-state index in [9.17, 15) is 24.1 Å². The molecule has 0 unspecified atom stereocenters. The topological polar surface area (TPSA) is 92.6 Å². The van der Waals surface area contributed by atoms with Crippen molar-refractivity contribution in [3.8, 4) is 0 Å². The van der Waals surface area contributed by atoms with Gasteiger partial charge in [-0.15, -0.1) is 0 Å². The standard InChI is InChI=1S/C20H20FN3O4/c1-13-17(21)10-15(11-18(13)24(27)28)20(26)22-12-14-5-4-6-16(9-14)23-8-3-2-7-19(23)25/h4-6,9-11H,2-3,7-8,12H2,1H3,(H,22,26). The molecular weight excluding hydrogens is 365 g/mol. The van der Waals surface area contributed by atoms with Crippen LogP contribution in [0.15, 0.2) is 36.4 Å². The number of carbonyl (C=O) groups excluding carboxylic acids is 2. The van der Waals surface area contributed by atoms with E-state index in [1.54, 1.807) is 17.0 Å². The lowest BCUT2D eigenvalue weighted by atomic mass is 10.1. The minimum Gasteiger partial charge on any atom is -0.348 e. The van der Waals surface area contributed by atoms with Gasteiger partial charge in [-0.1, -0.05) is 12.1 Å². The third kappa shape index (κ3) is 4.16. The molecule has 0 radical (unpaired) electrons. The number of nitrogens with zero attached hydrogens (tertiary/aromatic N) is 2. The van der Waals surface area contributed by atoms with E-state index >= 15 is 0 Å². The number of benzene rings is 2. The molecule has 0 aromatic heterocycles. The fourth-order valence-corrected chi connectivity index (χ4v) is 3.18. The molecule has 0 aliphatic carbocycles. The highest BCUT2D eigenvalue weighted by molar-refractivity contribution is 5.95. The number of nitrogens with one attached hydrogen (secondary N) is 1. The second-order valence-electron chi connectivity index (χ2n) is 6.71. The molecule has 7 nitrogen and oxygen atoms in total. The summed E-state index contributed by atoms with van der Waals surface area (Å²) in [6.07, 6.45) is 2.37. The number of halogens is 1. The molecule has 3 rings (SSSR count). The zero-order chi connectivity index (χ0) is 20.3. The van der Waals surface area contributed by atoms with Crippen LogP contribution in [0.1, 0.15) is 40.7 Å². The van der Waals surface area contributed by atoms with E-state index in [-0.39, 0.29) is 23.6 Å². The van der Waals surface area contributed by atoms with Crippen LogP contribution in [0.3, 0.4) is 0 Å². The van der Waals surface area contributed by atoms with Crippen LogP contribution in [0.25, 0.3) is 0 Å². The van der Waals surface area contributed by atoms with Gasteiger partial charge in [-0.05, 0) is 43.5 Å². The first-order chi connectivity index (χ1) is 13.4. The van der Waals surface area contributed by atoms with E-state index in [1.165, 1.54) is 6.92 Å². The fourth-order valence-electron chi connectivity index (χ4n) is 3.18. The lowest BCUT2D eigenvalue weighted by molar-refractivity contribution is -0.385. The number of nitro groups is 1. The summed E-state index contributed by atoms with van der Waals surface area (Å²) in [4.78, 5) is 36.4. The number of rotatable bonds is 5. The molecule has 0 saturated carbocycles. The van der Waals surface area contributed by atoms with E-state index < -0.39 is 22.3 Å². The van der Waals surface area contributed by atoms with E-state index in [0.29, 0.717) is 13.0 Å². The van der Waals surface area contributed by atoms with E-state index in [1.807, 2.05) is 12.1 Å². The highest BCUT2D eigenvalue weighted by Crippen LogP contribution is 2.24. The summed E-state index contributed by atoms with van der Waals surface area (Å²) >= 11 is 0. The Labute approximate surface area is 161 Å². The Morgan fingerprint density at radius 2 is 2.07 bits per heavy atom. The van der Waals surface area contributed by atoms with Crippen molar-refractivity contribution in [3.63, 3.8) is 0 Å². The van der Waals surface area contributed by atoms with Gasteiger partial charge in [-0.25, -0.2) is 4.39 Å². The average Bonchev–Trinajstić information content (AvgIpc) is 2.68. The summed E-state index contributed by atoms with van der Waals surface area (Å²) in [6, 6.07) is 9.32. The molecule has 8 heteroatoms. The van der Waals surface area contributed by atoms with Crippen molar-refractivity contribution in [2.24, 2.45) is 0 Å². The molecule has 146 valence electrons. The average molecular weight is 385 g/mol. The highest BCUT2D eigenvalue weighted by Gasteiger charge is 2.21. The molecule has 2 amide bonds. The lowest BCUT2D eigenvalue weighted by Crippen LogP contribution is -2.35. The van der Waals surface area contributed by atoms with Gasteiger partial charge in [0, 0.05) is 36.8 Å². The molecule has 2 aromatic rings. The number of hydrogen-bond acceptors (Lipinski definition) is 4. The van der Waals surface area contributed by atoms with Crippen molar-refractivity contribution in [1.82, 2.24) is 5.32 Å². The fraction of sp³-hybridized carbons (Fsp3) is 0.300. The predicted molar refractivity (Wildman–Crippen MR) is 102 cm³/mol. The quantitative estimate of drug-likeness (QED) is 0.630. The highest BCUT2D eigenvalue weighted by atomic mass is 19.1. The smallest absolute Gasteiger partial charge is 0.276 e. The van der Waals surface area contributed by atoms with Crippen molar-refractivity contribution in [1.29, 1.82) is 0 Å². The van der Waals surface area contributed by atoms with Gasteiger partial charge in [0.1, 0.15) is 5.82 Å². The van der Waals surface area contributed by atoms with Crippen molar-refractivity contribution in [2.75, 3.05) is 11.4 Å². The first-order valence-corrected chi connectivity index (χ1v) is 8.99. The van der Waals surface area contributed by atoms with Gasteiger partial charge < -0.3 is 10.2 Å². The van der Waals surface area contributed by atoms with Crippen LogP contribution in [-0.4, -0.2) is 23.3 Å². The lowest BCUT2D eigenvalue weighted by Gasteiger charge is -2.27. The Bertz CT molecular complexity index is 945. The van der Waals surface area contributed by atoms with Gasteiger partial charge in [0.25, 0.3) is 11.6 Å². The van der Waals surface area contributed by atoms with Crippen LogP contribution in [0.5, 0.6) is 0 Å². The molecule has 1 aliphatic rings. The Morgan fingerprint density at radius 1 is 1.29 bits per heavy atom. The molecule has 2 aromatic carbocycles. The van der Waals surface area contributed by atoms with Gasteiger partial charge >= 0.3 is 0 Å². The van der Waals surface area contributed by atoms with Gasteiger partial charge in [-0.2, -0.15) is 0 Å². The Kier molecular flexibility index (Phi) is 5.67. The van der Waals surface area contributed by atoms with Crippen LogP contribution in [0.4, 0.5) is 15.8 Å². The number of hydrogen-bond donors (Lipinski definition) is 1. The summed E-state index contributed by atoms with van der Waals surface area (Å²) in [5.41, 5.74) is 0.883. The second kappa shape index (κ2) is 8.16. The molecular formula is C20H20FN3O4. The maximum atomic E-state index is 13.9. The van der Waals surface area contributed by atoms with Crippen molar-refractivity contribution in [2.45, 2.75) is 32.7 Å². The first-order valence-electron chi connectivity index (χ1n) is 8.99. The van der Waals surface area contributed by atoms with E-state index in [2.05, 4.69) is 5.32 Å². The maximum Gasteiger partial charge on any atom is 0.276 e. The molecule has 1 aliphatic heterocycles. The number of amides is 2. The van der Waals surface area contributed by atoms with E-state index in [0.717, 1.165) is 36.2 Å². The number of nitro benzene ring substituents is 1. The Hall–Kier alpha value is -3.29. The monoisotopic (exact) mass is 385 g/mol. The number of piperidine rings is 1. The number of anilines is 1.